The Kier molecular flexibility index (Phi) is 4.22. The van der Waals surface area contributed by atoms with Gasteiger partial charge in [-0.2, -0.15) is 0 Å². The summed E-state index contributed by atoms with van der Waals surface area (Å²) in [5.74, 6) is 3.12. The first-order valence-electron chi connectivity index (χ1n) is 8.17. The van der Waals surface area contributed by atoms with Crippen LogP contribution in [0.15, 0.2) is 30.3 Å². The predicted molar refractivity (Wildman–Crippen MR) is 81.2 cm³/mol. The van der Waals surface area contributed by atoms with Crippen molar-refractivity contribution in [3.05, 3.63) is 35.9 Å². The first kappa shape index (κ1) is 13.2. The maximum atomic E-state index is 3.77. The molecule has 2 saturated carbocycles. The summed E-state index contributed by atoms with van der Waals surface area (Å²) < 4.78 is 0. The lowest BCUT2D eigenvalue weighted by molar-refractivity contribution is 0.415. The van der Waals surface area contributed by atoms with Gasteiger partial charge in [0.2, 0.25) is 0 Å². The molecule has 1 heteroatoms. The van der Waals surface area contributed by atoms with Gasteiger partial charge in [0, 0.05) is 6.04 Å². The molecule has 104 valence electrons. The smallest absolute Gasteiger partial charge is 0.0104 e. The van der Waals surface area contributed by atoms with E-state index >= 15 is 0 Å². The minimum atomic E-state index is 0.762. The number of benzene rings is 1. The highest BCUT2D eigenvalue weighted by atomic mass is 14.9. The molecule has 0 bridgehead atoms. The van der Waals surface area contributed by atoms with Crippen LogP contribution in [0.2, 0.25) is 0 Å². The average Bonchev–Trinajstić information content (AvgIpc) is 3.19. The number of hydrogen-bond donors (Lipinski definition) is 1. The van der Waals surface area contributed by atoms with Crippen molar-refractivity contribution in [3.63, 3.8) is 0 Å². The average molecular weight is 257 g/mol. The maximum absolute atomic E-state index is 3.77. The molecule has 0 heterocycles. The summed E-state index contributed by atoms with van der Waals surface area (Å²) in [6.07, 6.45) is 8.51. The first-order valence-corrected chi connectivity index (χ1v) is 8.17. The Morgan fingerprint density at radius 1 is 1.11 bits per heavy atom. The zero-order chi connectivity index (χ0) is 13.1. The number of aryl methyl sites for hydroxylation is 1. The van der Waals surface area contributed by atoms with Crippen molar-refractivity contribution in [1.29, 1.82) is 0 Å². The molecular formula is C18H27N. The van der Waals surface area contributed by atoms with Crippen LogP contribution in [0.3, 0.4) is 0 Å². The summed E-state index contributed by atoms with van der Waals surface area (Å²) in [5.41, 5.74) is 1.49. The fourth-order valence-corrected chi connectivity index (χ4v) is 4.30. The van der Waals surface area contributed by atoms with Crippen molar-refractivity contribution >= 4 is 0 Å². The molecule has 1 aromatic carbocycles. The summed E-state index contributed by atoms with van der Waals surface area (Å²) in [4.78, 5) is 0. The molecule has 0 spiro atoms. The van der Waals surface area contributed by atoms with Crippen LogP contribution in [-0.2, 0) is 6.42 Å². The Morgan fingerprint density at radius 2 is 1.79 bits per heavy atom. The molecule has 0 amide bonds. The Hall–Kier alpha value is -0.820. The second-order valence-electron chi connectivity index (χ2n) is 6.38. The standard InChI is InChI=1S/C18H27N/c1-2-19-17(13-12-14-8-4-3-5-9-14)18-15-10-6-7-11-16(15)18/h3-5,8-9,15-19H,2,6-7,10-13H2,1H3. The molecule has 0 aliphatic heterocycles. The topological polar surface area (TPSA) is 12.0 Å². The van der Waals surface area contributed by atoms with Crippen molar-refractivity contribution in [2.45, 2.75) is 51.5 Å². The van der Waals surface area contributed by atoms with E-state index in [1.165, 1.54) is 44.1 Å². The third-order valence-electron chi connectivity index (χ3n) is 5.24. The Balaban J connectivity index is 1.56. The number of fused-ring (bicyclic) bond motifs is 1. The molecule has 1 nitrogen and oxygen atoms in total. The van der Waals surface area contributed by atoms with Gasteiger partial charge in [-0.3, -0.25) is 0 Å². The van der Waals surface area contributed by atoms with E-state index in [-0.39, 0.29) is 0 Å². The Morgan fingerprint density at radius 3 is 2.42 bits per heavy atom. The SMILES string of the molecule is CCNC(CCc1ccccc1)C1C2CCCCC21. The molecule has 1 N–H and O–H groups in total. The Labute approximate surface area is 117 Å². The van der Waals surface area contributed by atoms with Gasteiger partial charge < -0.3 is 5.32 Å². The normalized spacial score (nSPS) is 30.7. The van der Waals surface area contributed by atoms with E-state index in [4.69, 9.17) is 0 Å². The molecule has 1 aromatic rings. The van der Waals surface area contributed by atoms with Gasteiger partial charge in [0.05, 0.1) is 0 Å². The summed E-state index contributed by atoms with van der Waals surface area (Å²) >= 11 is 0. The molecule has 3 unspecified atom stereocenters. The van der Waals surface area contributed by atoms with Gasteiger partial charge in [-0.15, -0.1) is 0 Å². The molecule has 0 aromatic heterocycles. The highest BCUT2D eigenvalue weighted by Crippen LogP contribution is 2.57. The fraction of sp³-hybridized carbons (Fsp3) is 0.667. The van der Waals surface area contributed by atoms with Crippen molar-refractivity contribution in [1.82, 2.24) is 5.32 Å². The second-order valence-corrected chi connectivity index (χ2v) is 6.38. The third-order valence-corrected chi connectivity index (χ3v) is 5.24. The van der Waals surface area contributed by atoms with Crippen LogP contribution in [-0.4, -0.2) is 12.6 Å². The van der Waals surface area contributed by atoms with Gasteiger partial charge in [0.25, 0.3) is 0 Å². The number of rotatable bonds is 6. The fourth-order valence-electron chi connectivity index (χ4n) is 4.30. The largest absolute Gasteiger partial charge is 0.314 e. The van der Waals surface area contributed by atoms with E-state index in [0.29, 0.717) is 0 Å². The molecule has 0 saturated heterocycles. The van der Waals surface area contributed by atoms with Gasteiger partial charge in [0.15, 0.2) is 0 Å². The predicted octanol–water partition coefficient (Wildman–Crippen LogP) is 4.03. The molecule has 0 radical (unpaired) electrons. The molecule has 2 aliphatic rings. The minimum absolute atomic E-state index is 0.762. The summed E-state index contributed by atoms with van der Waals surface area (Å²) in [6.45, 7) is 3.37. The van der Waals surface area contributed by atoms with Crippen LogP contribution >= 0.6 is 0 Å². The van der Waals surface area contributed by atoms with Crippen molar-refractivity contribution < 1.29 is 0 Å². The minimum Gasteiger partial charge on any atom is -0.314 e. The maximum Gasteiger partial charge on any atom is 0.0104 e. The van der Waals surface area contributed by atoms with E-state index in [9.17, 15) is 0 Å². The second kappa shape index (κ2) is 6.09. The molecule has 2 fully saturated rings. The van der Waals surface area contributed by atoms with Gasteiger partial charge in [-0.05, 0) is 55.5 Å². The van der Waals surface area contributed by atoms with E-state index in [0.717, 1.165) is 30.3 Å². The van der Waals surface area contributed by atoms with E-state index < -0.39 is 0 Å². The zero-order valence-electron chi connectivity index (χ0n) is 12.1. The van der Waals surface area contributed by atoms with Crippen molar-refractivity contribution in [2.24, 2.45) is 17.8 Å². The highest BCUT2D eigenvalue weighted by molar-refractivity contribution is 5.15. The van der Waals surface area contributed by atoms with E-state index in [1.807, 2.05) is 0 Å². The highest BCUT2D eigenvalue weighted by Gasteiger charge is 2.53. The van der Waals surface area contributed by atoms with Crippen LogP contribution in [0.4, 0.5) is 0 Å². The number of hydrogen-bond acceptors (Lipinski definition) is 1. The number of nitrogens with one attached hydrogen (secondary N) is 1. The van der Waals surface area contributed by atoms with Crippen LogP contribution in [0.25, 0.3) is 0 Å². The van der Waals surface area contributed by atoms with Gasteiger partial charge in [0.1, 0.15) is 0 Å². The van der Waals surface area contributed by atoms with Crippen molar-refractivity contribution in [2.75, 3.05) is 6.54 Å². The van der Waals surface area contributed by atoms with Gasteiger partial charge in [-0.1, -0.05) is 50.1 Å². The molecule has 3 rings (SSSR count). The van der Waals surface area contributed by atoms with Gasteiger partial charge >= 0.3 is 0 Å². The zero-order valence-corrected chi connectivity index (χ0v) is 12.1. The lowest BCUT2D eigenvalue weighted by atomic mass is 10.00. The van der Waals surface area contributed by atoms with Crippen LogP contribution in [0.5, 0.6) is 0 Å². The third kappa shape index (κ3) is 3.02. The lowest BCUT2D eigenvalue weighted by Crippen LogP contribution is -2.32. The molecule has 19 heavy (non-hydrogen) atoms. The first-order chi connectivity index (χ1) is 9.40. The summed E-state index contributed by atoms with van der Waals surface area (Å²) in [5, 5.41) is 3.77. The molecule has 2 aliphatic carbocycles. The van der Waals surface area contributed by atoms with Crippen LogP contribution < -0.4 is 5.32 Å². The van der Waals surface area contributed by atoms with E-state index in [1.54, 1.807) is 0 Å². The Bertz CT molecular complexity index is 374. The monoisotopic (exact) mass is 257 g/mol. The van der Waals surface area contributed by atoms with Crippen molar-refractivity contribution in [3.8, 4) is 0 Å². The summed E-state index contributed by atoms with van der Waals surface area (Å²) in [6, 6.07) is 11.7. The summed E-state index contributed by atoms with van der Waals surface area (Å²) in [7, 11) is 0. The molecule has 3 atom stereocenters. The van der Waals surface area contributed by atoms with Crippen LogP contribution in [0.1, 0.15) is 44.6 Å². The van der Waals surface area contributed by atoms with Crippen LogP contribution in [0, 0.1) is 17.8 Å². The molecular weight excluding hydrogens is 230 g/mol. The van der Waals surface area contributed by atoms with Gasteiger partial charge in [-0.25, -0.2) is 0 Å². The lowest BCUT2D eigenvalue weighted by Gasteiger charge is -2.18. The van der Waals surface area contributed by atoms with E-state index in [2.05, 4.69) is 42.6 Å². The quantitative estimate of drug-likeness (QED) is 0.811.